The number of hydrogen-bond acceptors (Lipinski definition) is 4. The van der Waals surface area contributed by atoms with E-state index in [2.05, 4.69) is 10.9 Å². The number of allylic oxidation sites excluding steroid dienone is 1. The normalized spacial score (nSPS) is 11.1. The number of nitrogens with two attached hydrogens (primary N) is 1. The van der Waals surface area contributed by atoms with Crippen LogP contribution in [-0.2, 0) is 0 Å². The van der Waals surface area contributed by atoms with Crippen molar-refractivity contribution in [1.29, 1.82) is 5.26 Å². The summed E-state index contributed by atoms with van der Waals surface area (Å²) in [5.41, 5.74) is 12.8. The standard InChI is InChI=1S/C11H11ClN4S/c1-7(10(6-13)11(14)17)15-16-9-4-2-8(12)3-5-9/h2-5,15-16H,1H3,(H2,14,17)/b10-7+. The predicted octanol–water partition coefficient (Wildman–Crippen LogP) is 2.34. The molecule has 0 unspecified atom stereocenters. The summed E-state index contributed by atoms with van der Waals surface area (Å²) in [7, 11) is 0. The van der Waals surface area contributed by atoms with Gasteiger partial charge in [-0.25, -0.2) is 0 Å². The highest BCUT2D eigenvalue weighted by atomic mass is 35.5. The maximum absolute atomic E-state index is 8.84. The second-order valence-electron chi connectivity index (χ2n) is 3.23. The van der Waals surface area contributed by atoms with E-state index in [1.165, 1.54) is 0 Å². The van der Waals surface area contributed by atoms with Gasteiger partial charge in [-0.1, -0.05) is 23.8 Å². The lowest BCUT2D eigenvalue weighted by Crippen LogP contribution is -2.24. The van der Waals surface area contributed by atoms with Gasteiger partial charge >= 0.3 is 0 Å². The van der Waals surface area contributed by atoms with Crippen molar-refractivity contribution in [3.63, 3.8) is 0 Å². The summed E-state index contributed by atoms with van der Waals surface area (Å²) in [6.45, 7) is 1.71. The molecule has 0 saturated heterocycles. The molecule has 0 saturated carbocycles. The van der Waals surface area contributed by atoms with Gasteiger partial charge in [-0.15, -0.1) is 0 Å². The molecule has 0 aliphatic heterocycles. The minimum Gasteiger partial charge on any atom is -0.389 e. The topological polar surface area (TPSA) is 73.9 Å². The van der Waals surface area contributed by atoms with E-state index in [0.29, 0.717) is 10.7 Å². The fourth-order valence-corrected chi connectivity index (χ4v) is 1.41. The number of anilines is 1. The quantitative estimate of drug-likeness (QED) is 0.338. The van der Waals surface area contributed by atoms with E-state index >= 15 is 0 Å². The number of nitriles is 1. The molecule has 0 radical (unpaired) electrons. The Morgan fingerprint density at radius 2 is 2.00 bits per heavy atom. The Balaban J connectivity index is 2.71. The number of hydrogen-bond donors (Lipinski definition) is 3. The van der Waals surface area contributed by atoms with Crippen LogP contribution in [0.4, 0.5) is 5.69 Å². The van der Waals surface area contributed by atoms with Crippen LogP contribution in [0.15, 0.2) is 35.5 Å². The third-order valence-corrected chi connectivity index (χ3v) is 2.43. The second kappa shape index (κ2) is 6.09. The first-order chi connectivity index (χ1) is 8.04. The van der Waals surface area contributed by atoms with E-state index in [4.69, 9.17) is 34.8 Å². The molecule has 4 N–H and O–H groups in total. The Morgan fingerprint density at radius 1 is 1.41 bits per heavy atom. The summed E-state index contributed by atoms with van der Waals surface area (Å²) in [6, 6.07) is 9.05. The lowest BCUT2D eigenvalue weighted by molar-refractivity contribution is 0.955. The molecule has 0 heterocycles. The molecule has 6 heteroatoms. The number of halogens is 1. The van der Waals surface area contributed by atoms with Crippen molar-refractivity contribution in [2.45, 2.75) is 6.92 Å². The van der Waals surface area contributed by atoms with Crippen LogP contribution in [0.2, 0.25) is 5.02 Å². The van der Waals surface area contributed by atoms with Gasteiger partial charge in [-0.05, 0) is 31.2 Å². The van der Waals surface area contributed by atoms with Crippen molar-refractivity contribution >= 4 is 34.5 Å². The first-order valence-corrected chi connectivity index (χ1v) is 5.51. The van der Waals surface area contributed by atoms with Crippen molar-refractivity contribution in [1.82, 2.24) is 5.43 Å². The molecule has 0 fully saturated rings. The summed E-state index contributed by atoms with van der Waals surface area (Å²) >= 11 is 10.5. The van der Waals surface area contributed by atoms with Gasteiger partial charge in [-0.2, -0.15) is 5.26 Å². The first-order valence-electron chi connectivity index (χ1n) is 4.73. The van der Waals surface area contributed by atoms with Gasteiger partial charge in [0.05, 0.1) is 5.69 Å². The fraction of sp³-hybridized carbons (Fsp3) is 0.0909. The van der Waals surface area contributed by atoms with E-state index in [-0.39, 0.29) is 10.6 Å². The first kappa shape index (κ1) is 13.3. The van der Waals surface area contributed by atoms with Gasteiger partial charge in [0.1, 0.15) is 16.6 Å². The van der Waals surface area contributed by atoms with Gasteiger partial charge in [0.15, 0.2) is 0 Å². The summed E-state index contributed by atoms with van der Waals surface area (Å²) in [4.78, 5) is 0.0652. The van der Waals surface area contributed by atoms with E-state index in [1.54, 1.807) is 31.2 Å². The number of hydrazine groups is 1. The Labute approximate surface area is 110 Å². The molecule has 0 amide bonds. The van der Waals surface area contributed by atoms with Crippen LogP contribution in [0.25, 0.3) is 0 Å². The van der Waals surface area contributed by atoms with Crippen molar-refractivity contribution in [2.24, 2.45) is 5.73 Å². The van der Waals surface area contributed by atoms with Crippen LogP contribution >= 0.6 is 23.8 Å². The summed E-state index contributed by atoms with van der Waals surface area (Å²) in [5, 5.41) is 9.50. The molecule has 0 bridgehead atoms. The zero-order valence-electron chi connectivity index (χ0n) is 9.12. The zero-order chi connectivity index (χ0) is 12.8. The highest BCUT2D eigenvalue weighted by molar-refractivity contribution is 7.80. The van der Waals surface area contributed by atoms with Crippen molar-refractivity contribution in [3.8, 4) is 6.07 Å². The Kier molecular flexibility index (Phi) is 4.76. The van der Waals surface area contributed by atoms with E-state index in [1.807, 2.05) is 6.07 Å². The molecular formula is C11H11ClN4S. The van der Waals surface area contributed by atoms with Gasteiger partial charge in [0, 0.05) is 10.7 Å². The van der Waals surface area contributed by atoms with E-state index in [0.717, 1.165) is 5.69 Å². The molecule has 1 aromatic rings. The zero-order valence-corrected chi connectivity index (χ0v) is 10.7. The van der Waals surface area contributed by atoms with Gasteiger partial charge < -0.3 is 16.6 Å². The smallest absolute Gasteiger partial charge is 0.116 e. The van der Waals surface area contributed by atoms with Crippen LogP contribution < -0.4 is 16.6 Å². The minimum atomic E-state index is 0.0652. The molecule has 1 aromatic carbocycles. The number of nitrogens with one attached hydrogen (secondary N) is 2. The number of thiocarbonyl (C=S) groups is 1. The third-order valence-electron chi connectivity index (χ3n) is 1.97. The van der Waals surface area contributed by atoms with E-state index in [9.17, 15) is 0 Å². The molecule has 4 nitrogen and oxygen atoms in total. The molecule has 0 atom stereocenters. The molecule has 17 heavy (non-hydrogen) atoms. The Bertz CT molecular complexity index is 487. The summed E-state index contributed by atoms with van der Waals surface area (Å²) < 4.78 is 0. The lowest BCUT2D eigenvalue weighted by Gasteiger charge is -2.11. The maximum atomic E-state index is 8.84. The number of rotatable bonds is 4. The van der Waals surface area contributed by atoms with Crippen LogP contribution in [0.3, 0.4) is 0 Å². The van der Waals surface area contributed by atoms with Gasteiger partial charge in [-0.3, -0.25) is 0 Å². The molecule has 0 aromatic heterocycles. The van der Waals surface area contributed by atoms with Crippen molar-refractivity contribution in [2.75, 3.05) is 5.43 Å². The third kappa shape index (κ3) is 3.94. The largest absolute Gasteiger partial charge is 0.389 e. The molecule has 0 spiro atoms. The van der Waals surface area contributed by atoms with Crippen LogP contribution in [-0.4, -0.2) is 4.99 Å². The monoisotopic (exact) mass is 266 g/mol. The fourth-order valence-electron chi connectivity index (χ4n) is 1.09. The van der Waals surface area contributed by atoms with Crippen LogP contribution in [0.5, 0.6) is 0 Å². The lowest BCUT2D eigenvalue weighted by atomic mass is 10.2. The van der Waals surface area contributed by atoms with Gasteiger partial charge in [0.2, 0.25) is 0 Å². The predicted molar refractivity (Wildman–Crippen MR) is 73.3 cm³/mol. The molecule has 1 rings (SSSR count). The molecule has 0 aliphatic carbocycles. The number of nitrogens with zero attached hydrogens (tertiary/aromatic N) is 1. The highest BCUT2D eigenvalue weighted by Gasteiger charge is 2.04. The van der Waals surface area contributed by atoms with Crippen LogP contribution in [0.1, 0.15) is 6.92 Å². The SMILES string of the molecule is C/C(NNc1ccc(Cl)cc1)=C(/C#N)C(N)=S. The number of benzene rings is 1. The van der Waals surface area contributed by atoms with E-state index < -0.39 is 0 Å². The maximum Gasteiger partial charge on any atom is 0.116 e. The van der Waals surface area contributed by atoms with Crippen molar-refractivity contribution < 1.29 is 0 Å². The van der Waals surface area contributed by atoms with Gasteiger partial charge in [0.25, 0.3) is 0 Å². The highest BCUT2D eigenvalue weighted by Crippen LogP contribution is 2.12. The summed E-state index contributed by atoms with van der Waals surface area (Å²) in [6.07, 6.45) is 0. The summed E-state index contributed by atoms with van der Waals surface area (Å²) in [5.74, 6) is 0. The molecule has 0 aliphatic rings. The second-order valence-corrected chi connectivity index (χ2v) is 4.11. The van der Waals surface area contributed by atoms with Crippen LogP contribution in [0, 0.1) is 11.3 Å². The minimum absolute atomic E-state index is 0.0652. The van der Waals surface area contributed by atoms with Crippen molar-refractivity contribution in [3.05, 3.63) is 40.6 Å². The Hall–Kier alpha value is -1.77. The Morgan fingerprint density at radius 3 is 2.47 bits per heavy atom. The average Bonchev–Trinajstić information content (AvgIpc) is 2.28. The molecular weight excluding hydrogens is 256 g/mol. The average molecular weight is 267 g/mol. The molecule has 88 valence electrons.